The van der Waals surface area contributed by atoms with Crippen LogP contribution in [0.4, 0.5) is 0 Å². The van der Waals surface area contributed by atoms with E-state index in [4.69, 9.17) is 18.7 Å². The molecule has 0 atom stereocenters. The first-order valence-electron chi connectivity index (χ1n) is 21.2. The van der Waals surface area contributed by atoms with E-state index in [-0.39, 0.29) is 0 Å². The molecule has 0 aliphatic heterocycles. The fourth-order valence-corrected chi connectivity index (χ4v) is 10.8. The molecular formula is C56H32N6S. The van der Waals surface area contributed by atoms with E-state index in [0.717, 1.165) is 88.3 Å². The molecule has 0 spiro atoms. The maximum absolute atomic E-state index is 5.69. The smallest absolute Gasteiger partial charge is 0.115 e. The number of rotatable bonds is 4. The standard InChI is InChI=1S/C56H32N6S/c1-3-19-43-37(13-1)38-14-2-4-20-44(38)52-51(43)57-53-49(33-25-29-35(30-26-33)61-45-21-9-5-15-39(45)40-16-6-10-22-46(40)61)55-56(60-63-59-55)50(54(53)58-52)34-27-31-36(32-28-34)62-47-23-11-7-17-41(47)42-18-8-12-24-48(42)62/h1-32H. The van der Waals surface area contributed by atoms with Gasteiger partial charge in [-0.1, -0.05) is 146 Å². The number of nitrogens with zero attached hydrogens (tertiary/aromatic N) is 6. The normalized spacial score (nSPS) is 12.1. The van der Waals surface area contributed by atoms with Crippen LogP contribution in [0.2, 0.25) is 0 Å². The molecule has 0 aliphatic rings. The number of benzene rings is 10. The SMILES string of the molecule is c1ccc2c(c1)c1ccccc1c1nc3c(-c4ccc(-n5c6ccccc6c6ccccc65)cc4)c4nsnc4c(-c4ccc(-n5c6ccccc6c6ccccc65)cc4)c3nc21. The van der Waals surface area contributed by atoms with Crippen molar-refractivity contribution in [3.8, 4) is 33.6 Å². The Morgan fingerprint density at radius 3 is 0.921 bits per heavy atom. The predicted octanol–water partition coefficient (Wildman–Crippen LogP) is 14.6. The Kier molecular flexibility index (Phi) is 7.17. The fourth-order valence-electron chi connectivity index (χ4n) is 10.3. The van der Waals surface area contributed by atoms with Gasteiger partial charge >= 0.3 is 0 Å². The zero-order chi connectivity index (χ0) is 41.2. The van der Waals surface area contributed by atoms with Gasteiger partial charge in [0.15, 0.2) is 0 Å². The van der Waals surface area contributed by atoms with Gasteiger partial charge in [0.2, 0.25) is 0 Å². The summed E-state index contributed by atoms with van der Waals surface area (Å²) in [5.41, 5.74) is 15.7. The van der Waals surface area contributed by atoms with Crippen molar-refractivity contribution in [2.75, 3.05) is 0 Å². The number of fused-ring (bicyclic) bond motifs is 14. The third-order valence-corrected chi connectivity index (χ3v) is 13.5. The second-order valence-electron chi connectivity index (χ2n) is 16.3. The van der Waals surface area contributed by atoms with Crippen LogP contribution in [0.1, 0.15) is 0 Å². The van der Waals surface area contributed by atoms with E-state index >= 15 is 0 Å². The van der Waals surface area contributed by atoms with E-state index in [1.54, 1.807) is 0 Å². The van der Waals surface area contributed by atoms with Crippen LogP contribution in [0.5, 0.6) is 0 Å². The predicted molar refractivity (Wildman–Crippen MR) is 263 cm³/mol. The minimum absolute atomic E-state index is 0.800. The lowest BCUT2D eigenvalue weighted by Crippen LogP contribution is -1.99. The zero-order valence-corrected chi connectivity index (χ0v) is 34.4. The molecule has 0 amide bonds. The van der Waals surface area contributed by atoms with Crippen molar-refractivity contribution in [3.63, 3.8) is 0 Å². The number of para-hydroxylation sites is 4. The van der Waals surface area contributed by atoms with E-state index in [1.807, 2.05) is 0 Å². The van der Waals surface area contributed by atoms with E-state index in [2.05, 4.69) is 203 Å². The highest BCUT2D eigenvalue weighted by Crippen LogP contribution is 2.45. The minimum Gasteiger partial charge on any atom is -0.309 e. The summed E-state index contributed by atoms with van der Waals surface area (Å²) >= 11 is 1.23. The fraction of sp³-hybridized carbons (Fsp3) is 0. The Morgan fingerprint density at radius 1 is 0.270 bits per heavy atom. The average molecular weight is 821 g/mol. The topological polar surface area (TPSA) is 61.4 Å². The quantitative estimate of drug-likeness (QED) is 0.131. The molecule has 4 aromatic heterocycles. The van der Waals surface area contributed by atoms with Gasteiger partial charge in [0.1, 0.15) is 22.1 Å². The molecule has 4 heterocycles. The minimum atomic E-state index is 0.800. The summed E-state index contributed by atoms with van der Waals surface area (Å²) in [4.78, 5) is 11.4. The lowest BCUT2D eigenvalue weighted by Gasteiger charge is -2.16. The van der Waals surface area contributed by atoms with Gasteiger partial charge in [0.05, 0.1) is 44.8 Å². The summed E-state index contributed by atoms with van der Waals surface area (Å²) in [5.74, 6) is 0. The van der Waals surface area contributed by atoms with Gasteiger partial charge in [-0.25, -0.2) is 9.97 Å². The Labute approximate surface area is 363 Å². The molecule has 10 aromatic carbocycles. The molecule has 292 valence electrons. The molecule has 63 heavy (non-hydrogen) atoms. The van der Waals surface area contributed by atoms with Gasteiger partial charge in [0.25, 0.3) is 0 Å². The van der Waals surface area contributed by atoms with Crippen molar-refractivity contribution in [3.05, 3.63) is 194 Å². The molecule has 0 saturated carbocycles. The van der Waals surface area contributed by atoms with Crippen LogP contribution < -0.4 is 0 Å². The molecule has 0 aliphatic carbocycles. The zero-order valence-electron chi connectivity index (χ0n) is 33.6. The maximum Gasteiger partial charge on any atom is 0.115 e. The van der Waals surface area contributed by atoms with E-state index in [9.17, 15) is 0 Å². The van der Waals surface area contributed by atoms with Gasteiger partial charge in [0, 0.05) is 54.8 Å². The molecule has 0 N–H and O–H groups in total. The Balaban J connectivity index is 1.04. The molecule has 0 saturated heterocycles. The first-order valence-corrected chi connectivity index (χ1v) is 21.9. The van der Waals surface area contributed by atoms with Crippen LogP contribution in [0.15, 0.2) is 194 Å². The first-order chi connectivity index (χ1) is 31.3. The summed E-state index contributed by atoms with van der Waals surface area (Å²) in [7, 11) is 0. The second-order valence-corrected chi connectivity index (χ2v) is 16.8. The van der Waals surface area contributed by atoms with Gasteiger partial charge < -0.3 is 9.13 Å². The molecular weight excluding hydrogens is 789 g/mol. The molecule has 14 aromatic rings. The summed E-state index contributed by atoms with van der Waals surface area (Å²) in [6.07, 6.45) is 0. The second kappa shape index (κ2) is 13.1. The lowest BCUT2D eigenvalue weighted by atomic mass is 9.93. The van der Waals surface area contributed by atoms with E-state index in [1.165, 1.54) is 55.3 Å². The summed E-state index contributed by atoms with van der Waals surface area (Å²) in [6, 6.07) is 69.3. The van der Waals surface area contributed by atoms with Crippen LogP contribution in [0, 0.1) is 0 Å². The average Bonchev–Trinajstić information content (AvgIpc) is 4.06. The summed E-state index contributed by atoms with van der Waals surface area (Å²) < 4.78 is 14.8. The number of aromatic nitrogens is 6. The largest absolute Gasteiger partial charge is 0.309 e. The maximum atomic E-state index is 5.69. The lowest BCUT2D eigenvalue weighted by molar-refractivity contribution is 1.18. The van der Waals surface area contributed by atoms with Gasteiger partial charge in [-0.15, -0.1) is 0 Å². The highest BCUT2D eigenvalue weighted by atomic mass is 32.1. The van der Waals surface area contributed by atoms with Crippen LogP contribution in [-0.2, 0) is 0 Å². The Morgan fingerprint density at radius 2 is 0.571 bits per heavy atom. The van der Waals surface area contributed by atoms with Crippen LogP contribution in [0.25, 0.3) is 132 Å². The van der Waals surface area contributed by atoms with E-state index < -0.39 is 0 Å². The van der Waals surface area contributed by atoms with Gasteiger partial charge in [-0.05, 0) is 70.4 Å². The summed E-state index contributed by atoms with van der Waals surface area (Å²) in [6.45, 7) is 0. The Hall–Kier alpha value is -8.26. The number of hydrogen-bond acceptors (Lipinski definition) is 5. The van der Waals surface area contributed by atoms with Crippen molar-refractivity contribution in [2.24, 2.45) is 0 Å². The van der Waals surface area contributed by atoms with Crippen LogP contribution in [0.3, 0.4) is 0 Å². The van der Waals surface area contributed by atoms with Crippen molar-refractivity contribution in [2.45, 2.75) is 0 Å². The highest BCUT2D eigenvalue weighted by molar-refractivity contribution is 7.00. The van der Waals surface area contributed by atoms with Crippen molar-refractivity contribution in [1.29, 1.82) is 0 Å². The first kappa shape index (κ1) is 34.5. The monoisotopic (exact) mass is 820 g/mol. The molecule has 7 heteroatoms. The molecule has 0 fully saturated rings. The highest BCUT2D eigenvalue weighted by Gasteiger charge is 2.25. The van der Waals surface area contributed by atoms with E-state index in [0.29, 0.717) is 0 Å². The third-order valence-electron chi connectivity index (χ3n) is 13.0. The van der Waals surface area contributed by atoms with Crippen LogP contribution in [-0.4, -0.2) is 27.8 Å². The molecule has 0 unspecified atom stereocenters. The van der Waals surface area contributed by atoms with Crippen LogP contribution >= 0.6 is 11.7 Å². The summed E-state index contributed by atoms with van der Waals surface area (Å²) in [5, 5.41) is 9.40. The van der Waals surface area contributed by atoms with Gasteiger partial charge in [-0.3, -0.25) is 0 Å². The molecule has 6 nitrogen and oxygen atoms in total. The Bertz CT molecular complexity index is 3820. The van der Waals surface area contributed by atoms with Crippen molar-refractivity contribution < 1.29 is 0 Å². The molecule has 0 bridgehead atoms. The van der Waals surface area contributed by atoms with Gasteiger partial charge in [-0.2, -0.15) is 8.75 Å². The van der Waals surface area contributed by atoms with Crippen molar-refractivity contribution in [1.82, 2.24) is 27.8 Å². The number of hydrogen-bond donors (Lipinski definition) is 0. The molecule has 0 radical (unpaired) electrons. The van der Waals surface area contributed by atoms with Crippen molar-refractivity contribution >= 4 is 110 Å². The third kappa shape index (κ3) is 4.88. The molecule has 14 rings (SSSR count).